The first-order chi connectivity index (χ1) is 14.3. The molecule has 1 aromatic heterocycles. The fourth-order valence-corrected chi connectivity index (χ4v) is 2.84. The van der Waals surface area contributed by atoms with Gasteiger partial charge in [-0.2, -0.15) is 23.0 Å². The van der Waals surface area contributed by atoms with E-state index in [1.54, 1.807) is 18.2 Å². The predicted molar refractivity (Wildman–Crippen MR) is 107 cm³/mol. The van der Waals surface area contributed by atoms with E-state index in [4.69, 9.17) is 16.3 Å². The van der Waals surface area contributed by atoms with Crippen LogP contribution in [0.5, 0.6) is 5.88 Å². The van der Waals surface area contributed by atoms with Gasteiger partial charge < -0.3 is 10.1 Å². The third kappa shape index (κ3) is 5.21. The molecule has 0 saturated heterocycles. The van der Waals surface area contributed by atoms with Gasteiger partial charge in [0.25, 0.3) is 5.91 Å². The number of nitrogens with zero attached hydrogens (tertiary/aromatic N) is 2. The molecule has 1 N–H and O–H groups in total. The van der Waals surface area contributed by atoms with Crippen LogP contribution in [0.3, 0.4) is 0 Å². The maximum atomic E-state index is 13.1. The number of amides is 1. The summed E-state index contributed by atoms with van der Waals surface area (Å²) in [7, 11) is 0. The minimum atomic E-state index is -4.68. The minimum Gasteiger partial charge on any atom is -0.467 e. The van der Waals surface area contributed by atoms with E-state index in [9.17, 15) is 18.0 Å². The highest BCUT2D eigenvalue weighted by Gasteiger charge is 2.35. The Balaban J connectivity index is 1.72. The highest BCUT2D eigenvalue weighted by atomic mass is 35.5. The first kappa shape index (κ1) is 21.4. The van der Waals surface area contributed by atoms with Crippen molar-refractivity contribution in [3.63, 3.8) is 0 Å². The van der Waals surface area contributed by atoms with Gasteiger partial charge in [-0.3, -0.25) is 4.79 Å². The molecule has 0 unspecified atom stereocenters. The predicted octanol–water partition coefficient (Wildman–Crippen LogP) is 4.88. The maximum absolute atomic E-state index is 13.1. The Labute approximate surface area is 175 Å². The molecule has 0 aliphatic heterocycles. The number of halogens is 4. The summed E-state index contributed by atoms with van der Waals surface area (Å²) < 4.78 is 45.6. The largest absolute Gasteiger partial charge is 0.467 e. The zero-order chi connectivity index (χ0) is 21.7. The summed E-state index contributed by atoms with van der Waals surface area (Å²) in [5, 5.41) is 6.38. The standard InChI is InChI=1S/C21H17ClF3N3O2/c1-2-14-6-5-7-15(10-14)12-26-19(29)13-30-20-11-18(21(23,24)25)27-28(20)17-9-4-3-8-16(17)22/h2-11H,1,12-13H2,(H,26,29). The molecule has 3 aromatic rings. The van der Waals surface area contributed by atoms with E-state index in [-0.39, 0.29) is 23.1 Å². The van der Waals surface area contributed by atoms with E-state index in [1.165, 1.54) is 12.1 Å². The average molecular weight is 436 g/mol. The molecule has 0 saturated carbocycles. The van der Waals surface area contributed by atoms with E-state index in [0.717, 1.165) is 21.9 Å². The zero-order valence-electron chi connectivity index (χ0n) is 15.6. The number of para-hydroxylation sites is 1. The van der Waals surface area contributed by atoms with Gasteiger partial charge in [0.1, 0.15) is 0 Å². The molecule has 5 nitrogen and oxygen atoms in total. The average Bonchev–Trinajstić information content (AvgIpc) is 3.16. The number of alkyl halides is 3. The number of hydrogen-bond donors (Lipinski definition) is 1. The number of carbonyl (C=O) groups excluding carboxylic acids is 1. The van der Waals surface area contributed by atoms with Crippen molar-refractivity contribution in [2.75, 3.05) is 6.61 Å². The van der Waals surface area contributed by atoms with Gasteiger partial charge in [-0.05, 0) is 29.3 Å². The van der Waals surface area contributed by atoms with E-state index < -0.39 is 24.4 Å². The van der Waals surface area contributed by atoms with Crippen molar-refractivity contribution in [3.8, 4) is 11.6 Å². The van der Waals surface area contributed by atoms with Crippen LogP contribution in [0, 0.1) is 0 Å². The second kappa shape index (κ2) is 9.04. The molecule has 0 aliphatic rings. The first-order valence-electron chi connectivity index (χ1n) is 8.81. The van der Waals surface area contributed by atoms with Crippen LogP contribution in [-0.2, 0) is 17.5 Å². The second-order valence-corrected chi connectivity index (χ2v) is 6.65. The van der Waals surface area contributed by atoms with Crippen molar-refractivity contribution in [1.82, 2.24) is 15.1 Å². The number of nitrogens with one attached hydrogen (secondary N) is 1. The molecule has 30 heavy (non-hydrogen) atoms. The third-order valence-corrected chi connectivity index (χ3v) is 4.39. The molecule has 1 amide bonds. The van der Waals surface area contributed by atoms with Crippen molar-refractivity contribution in [3.05, 3.63) is 83.0 Å². The number of rotatable bonds is 7. The fourth-order valence-electron chi connectivity index (χ4n) is 2.62. The summed E-state index contributed by atoms with van der Waals surface area (Å²) in [4.78, 5) is 12.1. The molecule has 9 heteroatoms. The molecular weight excluding hydrogens is 419 g/mol. The maximum Gasteiger partial charge on any atom is 0.435 e. The summed E-state index contributed by atoms with van der Waals surface area (Å²) in [5.41, 5.74) is 0.799. The van der Waals surface area contributed by atoms with Gasteiger partial charge in [-0.15, -0.1) is 0 Å². The molecule has 0 radical (unpaired) electrons. The molecule has 3 rings (SSSR count). The molecule has 2 aromatic carbocycles. The van der Waals surface area contributed by atoms with Crippen LogP contribution in [0.4, 0.5) is 13.2 Å². The Morgan fingerprint density at radius 1 is 1.20 bits per heavy atom. The molecule has 0 spiro atoms. The first-order valence-corrected chi connectivity index (χ1v) is 9.19. The van der Waals surface area contributed by atoms with Crippen LogP contribution < -0.4 is 10.1 Å². The highest BCUT2D eigenvalue weighted by Crippen LogP contribution is 2.33. The van der Waals surface area contributed by atoms with Crippen LogP contribution in [0.1, 0.15) is 16.8 Å². The molecular formula is C21H17ClF3N3O2. The van der Waals surface area contributed by atoms with Gasteiger partial charge >= 0.3 is 6.18 Å². The number of aromatic nitrogens is 2. The number of benzene rings is 2. The van der Waals surface area contributed by atoms with Crippen LogP contribution in [-0.4, -0.2) is 22.3 Å². The Kier molecular flexibility index (Phi) is 6.47. The van der Waals surface area contributed by atoms with Crippen molar-refractivity contribution in [1.29, 1.82) is 0 Å². The summed E-state index contributed by atoms with van der Waals surface area (Å²) in [6.45, 7) is 3.43. The smallest absolute Gasteiger partial charge is 0.435 e. The van der Waals surface area contributed by atoms with E-state index in [0.29, 0.717) is 0 Å². The summed E-state index contributed by atoms with van der Waals surface area (Å²) >= 11 is 6.08. The number of hydrogen-bond acceptors (Lipinski definition) is 3. The van der Waals surface area contributed by atoms with Crippen molar-refractivity contribution in [2.24, 2.45) is 0 Å². The molecule has 0 atom stereocenters. The Morgan fingerprint density at radius 2 is 1.97 bits per heavy atom. The number of ether oxygens (including phenoxy) is 1. The lowest BCUT2D eigenvalue weighted by molar-refractivity contribution is -0.141. The van der Waals surface area contributed by atoms with Crippen LogP contribution in [0.2, 0.25) is 5.02 Å². The molecule has 0 aliphatic carbocycles. The number of carbonyl (C=O) groups is 1. The van der Waals surface area contributed by atoms with Crippen molar-refractivity contribution < 1.29 is 22.7 Å². The second-order valence-electron chi connectivity index (χ2n) is 6.24. The van der Waals surface area contributed by atoms with E-state index >= 15 is 0 Å². The third-order valence-electron chi connectivity index (χ3n) is 4.08. The highest BCUT2D eigenvalue weighted by molar-refractivity contribution is 6.32. The Morgan fingerprint density at radius 3 is 2.67 bits per heavy atom. The zero-order valence-corrected chi connectivity index (χ0v) is 16.4. The quantitative estimate of drug-likeness (QED) is 0.575. The fraction of sp³-hybridized carbons (Fsp3) is 0.143. The lowest BCUT2D eigenvalue weighted by Crippen LogP contribution is -2.28. The summed E-state index contributed by atoms with van der Waals surface area (Å²) in [6, 6.07) is 14.4. The molecule has 156 valence electrons. The lowest BCUT2D eigenvalue weighted by Gasteiger charge is -2.11. The van der Waals surface area contributed by atoms with Gasteiger partial charge in [0.05, 0.1) is 10.7 Å². The molecule has 0 fully saturated rings. The summed E-state index contributed by atoms with van der Waals surface area (Å²) in [6.07, 6.45) is -2.99. The SMILES string of the molecule is C=Cc1cccc(CNC(=O)COc2cc(C(F)(F)F)nn2-c2ccccc2Cl)c1. The van der Waals surface area contributed by atoms with Gasteiger partial charge in [-0.1, -0.05) is 54.6 Å². The van der Waals surface area contributed by atoms with Gasteiger partial charge in [-0.25, -0.2) is 0 Å². The molecule has 0 bridgehead atoms. The Bertz CT molecular complexity index is 1060. The van der Waals surface area contributed by atoms with Crippen molar-refractivity contribution in [2.45, 2.75) is 12.7 Å². The summed E-state index contributed by atoms with van der Waals surface area (Å²) in [5.74, 6) is -0.751. The van der Waals surface area contributed by atoms with Gasteiger partial charge in [0.15, 0.2) is 12.3 Å². The van der Waals surface area contributed by atoms with Gasteiger partial charge in [0.2, 0.25) is 5.88 Å². The van der Waals surface area contributed by atoms with Gasteiger partial charge in [0, 0.05) is 12.6 Å². The minimum absolute atomic E-state index is 0.186. The normalized spacial score (nSPS) is 11.2. The van der Waals surface area contributed by atoms with E-state index in [1.807, 2.05) is 24.3 Å². The van der Waals surface area contributed by atoms with E-state index in [2.05, 4.69) is 17.0 Å². The monoisotopic (exact) mass is 435 g/mol. The van der Waals surface area contributed by atoms with Crippen LogP contribution in [0.25, 0.3) is 11.8 Å². The van der Waals surface area contributed by atoms with Crippen LogP contribution >= 0.6 is 11.6 Å². The lowest BCUT2D eigenvalue weighted by atomic mass is 10.1. The topological polar surface area (TPSA) is 56.1 Å². The van der Waals surface area contributed by atoms with Crippen LogP contribution in [0.15, 0.2) is 61.2 Å². The molecule has 1 heterocycles. The Hall–Kier alpha value is -3.26. The van der Waals surface area contributed by atoms with Crippen molar-refractivity contribution >= 4 is 23.6 Å².